The molecule has 0 aromatic rings. The van der Waals surface area contributed by atoms with E-state index in [-0.39, 0.29) is 11.9 Å². The maximum atomic E-state index is 11.2. The molecule has 1 aliphatic heterocycles. The molecule has 10 heavy (non-hydrogen) atoms. The summed E-state index contributed by atoms with van der Waals surface area (Å²) in [4.78, 5) is 14.7. The van der Waals surface area contributed by atoms with Crippen LogP contribution in [0.3, 0.4) is 0 Å². The number of piperazine rings is 1. The Morgan fingerprint density at radius 3 is 2.70 bits per heavy atom. The van der Waals surface area contributed by atoms with E-state index in [1.807, 2.05) is 18.9 Å². The van der Waals surface area contributed by atoms with Crippen LogP contribution >= 0.6 is 0 Å². The molecule has 57 valence electrons. The van der Waals surface area contributed by atoms with Crippen molar-refractivity contribution in [1.29, 1.82) is 0 Å². The molecule has 1 fully saturated rings. The average Bonchev–Trinajstić information content (AvgIpc) is 1.93. The fourth-order valence-corrected chi connectivity index (χ4v) is 1.06. The summed E-state index contributed by atoms with van der Waals surface area (Å²) in [6.45, 7) is 3.56. The molecule has 1 atom stereocenters. The van der Waals surface area contributed by atoms with Gasteiger partial charge in [-0.05, 0) is 6.92 Å². The molecule has 0 spiro atoms. The van der Waals surface area contributed by atoms with E-state index in [4.69, 9.17) is 0 Å². The molecule has 0 aliphatic carbocycles. The molecule has 3 nitrogen and oxygen atoms in total. The third kappa shape index (κ3) is 1.14. The van der Waals surface area contributed by atoms with Gasteiger partial charge in [0.15, 0.2) is 0 Å². The Hall–Kier alpha value is -0.570. The number of amides is 1. The summed E-state index contributed by atoms with van der Waals surface area (Å²) in [6, 6.07) is -0.0428. The topological polar surface area (TPSA) is 23.6 Å². The Morgan fingerprint density at radius 2 is 2.20 bits per heavy atom. The molecule has 1 heterocycles. The maximum Gasteiger partial charge on any atom is 0.239 e. The Balaban J connectivity index is 2.60. The molecule has 1 amide bonds. The zero-order valence-electron chi connectivity index (χ0n) is 6.50. The fraction of sp³-hybridized carbons (Fsp3) is 0.714. The van der Waals surface area contributed by atoms with Crippen molar-refractivity contribution in [2.75, 3.05) is 20.1 Å². The summed E-state index contributed by atoms with van der Waals surface area (Å²) in [5.41, 5.74) is 0. The van der Waals surface area contributed by atoms with Crippen LogP contribution in [-0.4, -0.2) is 41.9 Å². The summed E-state index contributed by atoms with van der Waals surface area (Å²) in [7, 11) is 5.57. The van der Waals surface area contributed by atoms with E-state index in [1.54, 1.807) is 4.90 Å². The van der Waals surface area contributed by atoms with E-state index in [2.05, 4.69) is 7.05 Å². The number of nitrogens with zero attached hydrogens (tertiary/aromatic N) is 2. The smallest absolute Gasteiger partial charge is 0.239 e. The van der Waals surface area contributed by atoms with Crippen LogP contribution in [0.25, 0.3) is 0 Å². The van der Waals surface area contributed by atoms with E-state index < -0.39 is 0 Å². The van der Waals surface area contributed by atoms with Gasteiger partial charge in [-0.25, -0.2) is 0 Å². The summed E-state index contributed by atoms with van der Waals surface area (Å²) in [5.74, 6) is 0.168. The van der Waals surface area contributed by atoms with E-state index in [0.29, 0.717) is 0 Å². The first-order valence-corrected chi connectivity index (χ1v) is 3.45. The molecule has 0 N–H and O–H groups in total. The highest BCUT2D eigenvalue weighted by Gasteiger charge is 2.25. The average molecular weight is 141 g/mol. The van der Waals surface area contributed by atoms with Gasteiger partial charge in [-0.1, -0.05) is 0 Å². The third-order valence-electron chi connectivity index (χ3n) is 2.00. The Kier molecular flexibility index (Phi) is 1.94. The van der Waals surface area contributed by atoms with Gasteiger partial charge >= 0.3 is 0 Å². The van der Waals surface area contributed by atoms with Crippen LogP contribution in [-0.2, 0) is 4.79 Å². The van der Waals surface area contributed by atoms with E-state index in [0.717, 1.165) is 13.1 Å². The fourth-order valence-electron chi connectivity index (χ4n) is 1.06. The van der Waals surface area contributed by atoms with Crippen LogP contribution in [0, 0.1) is 7.05 Å². The van der Waals surface area contributed by atoms with Gasteiger partial charge < -0.3 is 4.90 Å². The maximum absolute atomic E-state index is 11.2. The van der Waals surface area contributed by atoms with Gasteiger partial charge in [0.25, 0.3) is 0 Å². The normalized spacial score (nSPS) is 29.3. The van der Waals surface area contributed by atoms with Crippen molar-refractivity contribution < 1.29 is 4.79 Å². The zero-order valence-corrected chi connectivity index (χ0v) is 6.50. The van der Waals surface area contributed by atoms with Crippen molar-refractivity contribution in [1.82, 2.24) is 9.80 Å². The van der Waals surface area contributed by atoms with Crippen molar-refractivity contribution >= 4 is 5.91 Å². The minimum atomic E-state index is -0.0428. The second-order valence-corrected chi connectivity index (χ2v) is 2.75. The van der Waals surface area contributed by atoms with Crippen LogP contribution in [0.15, 0.2) is 0 Å². The SMILES string of the molecule is [CH2]N1CCN(C)C(=O)C1C. The van der Waals surface area contributed by atoms with Crippen LogP contribution in [0.2, 0.25) is 0 Å². The lowest BCUT2D eigenvalue weighted by molar-refractivity contribution is -0.137. The van der Waals surface area contributed by atoms with E-state index in [9.17, 15) is 4.79 Å². The molecule has 1 aliphatic rings. The van der Waals surface area contributed by atoms with Crippen LogP contribution in [0.1, 0.15) is 6.92 Å². The summed E-state index contributed by atoms with van der Waals surface area (Å²) < 4.78 is 0. The quantitative estimate of drug-likeness (QED) is 0.472. The zero-order chi connectivity index (χ0) is 7.72. The number of rotatable bonds is 0. The minimum absolute atomic E-state index is 0.0428. The highest BCUT2D eigenvalue weighted by molar-refractivity contribution is 5.81. The molecule has 1 radical (unpaired) electrons. The second-order valence-electron chi connectivity index (χ2n) is 2.75. The molecule has 3 heteroatoms. The van der Waals surface area contributed by atoms with Gasteiger partial charge in [-0.3, -0.25) is 9.69 Å². The summed E-state index contributed by atoms with van der Waals surface area (Å²) in [5, 5.41) is 0. The first kappa shape index (κ1) is 7.54. The lowest BCUT2D eigenvalue weighted by atomic mass is 10.2. The third-order valence-corrected chi connectivity index (χ3v) is 2.00. The van der Waals surface area contributed by atoms with Gasteiger partial charge in [0.05, 0.1) is 6.04 Å². The van der Waals surface area contributed by atoms with Crippen molar-refractivity contribution in [3.05, 3.63) is 7.05 Å². The highest BCUT2D eigenvalue weighted by Crippen LogP contribution is 2.06. The lowest BCUT2D eigenvalue weighted by Gasteiger charge is -2.34. The van der Waals surface area contributed by atoms with Crippen molar-refractivity contribution in [3.8, 4) is 0 Å². The molecule has 0 aromatic carbocycles. The Morgan fingerprint density at radius 1 is 1.60 bits per heavy atom. The van der Waals surface area contributed by atoms with Gasteiger partial charge in [-0.2, -0.15) is 0 Å². The van der Waals surface area contributed by atoms with Gasteiger partial charge in [0, 0.05) is 27.2 Å². The van der Waals surface area contributed by atoms with Gasteiger partial charge in [-0.15, -0.1) is 0 Å². The molecule has 1 unspecified atom stereocenters. The summed E-state index contributed by atoms with van der Waals surface area (Å²) >= 11 is 0. The molecule has 0 aromatic heterocycles. The molecule has 0 bridgehead atoms. The highest BCUT2D eigenvalue weighted by atomic mass is 16.2. The first-order valence-electron chi connectivity index (χ1n) is 3.45. The largest absolute Gasteiger partial charge is 0.343 e. The predicted octanol–water partition coefficient (Wildman–Crippen LogP) is -0.0595. The first-order chi connectivity index (χ1) is 4.63. The molecule has 1 saturated heterocycles. The van der Waals surface area contributed by atoms with E-state index in [1.165, 1.54) is 0 Å². The summed E-state index contributed by atoms with van der Waals surface area (Å²) in [6.07, 6.45) is 0. The standard InChI is InChI=1S/C7H13N2O/c1-6-7(10)9(3)5-4-8(6)2/h6H,2,4-5H2,1,3H3. The van der Waals surface area contributed by atoms with Crippen molar-refractivity contribution in [2.45, 2.75) is 13.0 Å². The molecular formula is C7H13N2O. The minimum Gasteiger partial charge on any atom is -0.343 e. The molecule has 1 rings (SSSR count). The van der Waals surface area contributed by atoms with Gasteiger partial charge in [0.1, 0.15) is 0 Å². The van der Waals surface area contributed by atoms with Crippen molar-refractivity contribution in [2.24, 2.45) is 0 Å². The number of likely N-dealkylation sites (N-methyl/N-ethyl adjacent to an activating group) is 1. The number of hydrogen-bond acceptors (Lipinski definition) is 2. The number of carbonyl (C=O) groups excluding carboxylic acids is 1. The van der Waals surface area contributed by atoms with Gasteiger partial charge in [0.2, 0.25) is 5.91 Å². The van der Waals surface area contributed by atoms with Crippen LogP contribution in [0.5, 0.6) is 0 Å². The number of carbonyl (C=O) groups is 1. The Bertz CT molecular complexity index is 147. The van der Waals surface area contributed by atoms with Crippen LogP contribution < -0.4 is 0 Å². The number of hydrogen-bond donors (Lipinski definition) is 0. The predicted molar refractivity (Wildman–Crippen MR) is 39.2 cm³/mol. The monoisotopic (exact) mass is 141 g/mol. The second kappa shape index (κ2) is 2.58. The molecular weight excluding hydrogens is 128 g/mol. The molecule has 0 saturated carbocycles. The Labute approximate surface area is 61.6 Å². The lowest BCUT2D eigenvalue weighted by Crippen LogP contribution is -2.51. The van der Waals surface area contributed by atoms with Crippen molar-refractivity contribution in [3.63, 3.8) is 0 Å². The van der Waals surface area contributed by atoms with E-state index >= 15 is 0 Å². The van der Waals surface area contributed by atoms with Crippen LogP contribution in [0.4, 0.5) is 0 Å².